The second-order valence-corrected chi connectivity index (χ2v) is 2.92. The molecule has 0 amide bonds. The van der Waals surface area contributed by atoms with Crippen molar-refractivity contribution < 1.29 is 4.39 Å². The summed E-state index contributed by atoms with van der Waals surface area (Å²) in [5.74, 6) is 0. The molecule has 1 rings (SSSR count). The summed E-state index contributed by atoms with van der Waals surface area (Å²) in [5, 5.41) is 8.33. The third-order valence-electron chi connectivity index (χ3n) is 1.38. The number of dihydropyridines is 1. The minimum atomic E-state index is -1.16. The molecule has 0 radical (unpaired) electrons. The maximum atomic E-state index is 12.7. The third kappa shape index (κ3) is 2.40. The van der Waals surface area contributed by atoms with Crippen molar-refractivity contribution in [1.29, 1.82) is 5.26 Å². The zero-order valence-electron chi connectivity index (χ0n) is 5.92. The number of allylic oxidation sites excluding steroid dienone is 1. The maximum absolute atomic E-state index is 12.7. The lowest BCUT2D eigenvalue weighted by Crippen LogP contribution is -2.06. The molecule has 0 aliphatic carbocycles. The monoisotopic (exact) mass is 170 g/mol. The highest BCUT2D eigenvalue weighted by molar-refractivity contribution is 7.41. The highest BCUT2D eigenvalue weighted by Gasteiger charge is 2.12. The summed E-state index contributed by atoms with van der Waals surface area (Å²) in [7, 11) is 2.33. The van der Waals surface area contributed by atoms with Gasteiger partial charge in [-0.1, -0.05) is 9.24 Å². The van der Waals surface area contributed by atoms with Gasteiger partial charge >= 0.3 is 0 Å². The molecule has 0 aromatic heterocycles. The van der Waals surface area contributed by atoms with E-state index >= 15 is 0 Å². The summed E-state index contributed by atoms with van der Waals surface area (Å²) < 4.78 is 12.7. The fraction of sp³-hybridized carbons (Fsp3) is 0.429. The van der Waals surface area contributed by atoms with E-state index in [2.05, 4.69) is 14.2 Å². The quantitative estimate of drug-likeness (QED) is 0.436. The number of nitriles is 1. The first-order valence-corrected chi connectivity index (χ1v) is 3.84. The average molecular weight is 170 g/mol. The van der Waals surface area contributed by atoms with E-state index in [1.807, 2.05) is 6.07 Å². The Balaban J connectivity index is 2.69. The van der Waals surface area contributed by atoms with E-state index in [0.29, 0.717) is 11.9 Å². The Morgan fingerprint density at radius 1 is 1.91 bits per heavy atom. The summed E-state index contributed by atoms with van der Waals surface area (Å²) in [5.41, 5.74) is 1.41. The molecule has 1 aliphatic heterocycles. The fourth-order valence-corrected chi connectivity index (χ4v) is 1.35. The van der Waals surface area contributed by atoms with Crippen LogP contribution in [0.15, 0.2) is 16.6 Å². The molecule has 2 atom stereocenters. The molecule has 0 saturated carbocycles. The predicted molar refractivity (Wildman–Crippen MR) is 45.0 cm³/mol. The van der Waals surface area contributed by atoms with Gasteiger partial charge < -0.3 is 0 Å². The van der Waals surface area contributed by atoms with Crippen molar-refractivity contribution in [2.24, 2.45) is 4.99 Å². The van der Waals surface area contributed by atoms with Gasteiger partial charge in [0.1, 0.15) is 0 Å². The van der Waals surface area contributed by atoms with Crippen molar-refractivity contribution in [3.05, 3.63) is 11.6 Å². The van der Waals surface area contributed by atoms with Crippen LogP contribution in [0.1, 0.15) is 12.8 Å². The van der Waals surface area contributed by atoms with E-state index in [1.54, 1.807) is 6.08 Å². The average Bonchev–Trinajstić information content (AvgIpc) is 1.85. The van der Waals surface area contributed by atoms with E-state index < -0.39 is 6.30 Å². The minimum absolute atomic E-state index is 0.269. The smallest absolute Gasteiger partial charge is 0.194 e. The van der Waals surface area contributed by atoms with E-state index in [0.717, 1.165) is 5.57 Å². The van der Waals surface area contributed by atoms with Crippen LogP contribution < -0.4 is 0 Å². The number of alkyl halides is 1. The Labute approximate surface area is 67.0 Å². The number of hydrogen-bond donors (Lipinski definition) is 0. The number of halogens is 1. The highest BCUT2D eigenvalue weighted by atomic mass is 31.0. The van der Waals surface area contributed by atoms with Gasteiger partial charge in [-0.05, 0) is 11.6 Å². The second kappa shape index (κ2) is 3.59. The first kappa shape index (κ1) is 8.36. The molecule has 0 saturated heterocycles. The largest absolute Gasteiger partial charge is 0.249 e. The molecule has 0 fully saturated rings. The minimum Gasteiger partial charge on any atom is -0.249 e. The van der Waals surface area contributed by atoms with Crippen LogP contribution in [-0.4, -0.2) is 11.7 Å². The van der Waals surface area contributed by atoms with E-state index in [-0.39, 0.29) is 6.42 Å². The molecule has 0 aromatic rings. The van der Waals surface area contributed by atoms with Crippen LogP contribution in [-0.2, 0) is 0 Å². The van der Waals surface area contributed by atoms with Gasteiger partial charge in [0.2, 0.25) is 0 Å². The Bertz CT molecular complexity index is 252. The first-order chi connectivity index (χ1) is 5.22. The summed E-state index contributed by atoms with van der Waals surface area (Å²) in [6.45, 7) is 0. The molecule has 0 aromatic carbocycles. The van der Waals surface area contributed by atoms with Crippen LogP contribution in [0.5, 0.6) is 0 Å². The first-order valence-electron chi connectivity index (χ1n) is 3.26. The van der Waals surface area contributed by atoms with E-state index in [1.165, 1.54) is 0 Å². The highest BCUT2D eigenvalue weighted by Crippen LogP contribution is 2.20. The van der Waals surface area contributed by atoms with Gasteiger partial charge in [-0.2, -0.15) is 5.26 Å². The topological polar surface area (TPSA) is 36.1 Å². The lowest BCUT2D eigenvalue weighted by atomic mass is 10.1. The SMILES string of the molecule is N#CCC1=CC(P)=NC(F)C1. The summed E-state index contributed by atoms with van der Waals surface area (Å²) >= 11 is 0. The Morgan fingerprint density at radius 3 is 3.18 bits per heavy atom. The second-order valence-electron chi connectivity index (χ2n) is 2.33. The van der Waals surface area contributed by atoms with Crippen LogP contribution in [0.2, 0.25) is 0 Å². The van der Waals surface area contributed by atoms with Gasteiger partial charge in [-0.25, -0.2) is 9.38 Å². The van der Waals surface area contributed by atoms with Crippen LogP contribution in [0.3, 0.4) is 0 Å². The van der Waals surface area contributed by atoms with Gasteiger partial charge in [-0.15, -0.1) is 0 Å². The zero-order valence-corrected chi connectivity index (χ0v) is 7.07. The number of nitrogens with zero attached hydrogens (tertiary/aromatic N) is 2. The molecule has 2 nitrogen and oxygen atoms in total. The third-order valence-corrected chi connectivity index (χ3v) is 1.69. The van der Waals surface area contributed by atoms with Crippen LogP contribution in [0, 0.1) is 11.3 Å². The molecule has 0 spiro atoms. The predicted octanol–water partition coefficient (Wildman–Crippen LogP) is 1.80. The number of aliphatic imine (C=N–C) groups is 1. The van der Waals surface area contributed by atoms with Crippen LogP contribution >= 0.6 is 9.24 Å². The van der Waals surface area contributed by atoms with Crippen molar-refractivity contribution >= 4 is 14.7 Å². The maximum Gasteiger partial charge on any atom is 0.194 e. The van der Waals surface area contributed by atoms with Gasteiger partial charge in [0, 0.05) is 6.42 Å². The fourth-order valence-electron chi connectivity index (χ4n) is 0.954. The van der Waals surface area contributed by atoms with E-state index in [9.17, 15) is 4.39 Å². The van der Waals surface area contributed by atoms with Gasteiger partial charge in [-0.3, -0.25) is 0 Å². The zero-order chi connectivity index (χ0) is 8.27. The molecule has 1 heterocycles. The van der Waals surface area contributed by atoms with Gasteiger partial charge in [0.25, 0.3) is 0 Å². The molecule has 1 aliphatic rings. The summed E-state index contributed by atoms with van der Waals surface area (Å²) in [6.07, 6.45) is 1.15. The van der Waals surface area contributed by atoms with Crippen LogP contribution in [0.25, 0.3) is 0 Å². The molecule has 0 bridgehead atoms. The van der Waals surface area contributed by atoms with E-state index in [4.69, 9.17) is 5.26 Å². The molecular formula is C7H8FN2P. The van der Waals surface area contributed by atoms with Gasteiger partial charge in [0.05, 0.1) is 17.9 Å². The lowest BCUT2D eigenvalue weighted by molar-refractivity contribution is 0.342. The molecule has 4 heteroatoms. The van der Waals surface area contributed by atoms with Crippen molar-refractivity contribution in [3.63, 3.8) is 0 Å². The Morgan fingerprint density at radius 2 is 2.64 bits per heavy atom. The van der Waals surface area contributed by atoms with Crippen molar-refractivity contribution in [3.8, 4) is 6.07 Å². The molecule has 11 heavy (non-hydrogen) atoms. The molecule has 0 N–H and O–H groups in total. The molecule has 2 unspecified atom stereocenters. The van der Waals surface area contributed by atoms with Crippen molar-refractivity contribution in [2.75, 3.05) is 0 Å². The number of hydrogen-bond acceptors (Lipinski definition) is 2. The van der Waals surface area contributed by atoms with Crippen LogP contribution in [0.4, 0.5) is 4.39 Å². The Kier molecular flexibility index (Phi) is 2.73. The van der Waals surface area contributed by atoms with Crippen molar-refractivity contribution in [2.45, 2.75) is 19.1 Å². The molecule has 58 valence electrons. The Hall–Kier alpha value is -0.740. The normalized spacial score (nSPS) is 23.5. The number of rotatable bonds is 1. The summed E-state index contributed by atoms with van der Waals surface area (Å²) in [6, 6.07) is 1.98. The summed E-state index contributed by atoms with van der Waals surface area (Å²) in [4.78, 5) is 3.64. The lowest BCUT2D eigenvalue weighted by Gasteiger charge is -2.11. The van der Waals surface area contributed by atoms with Crippen molar-refractivity contribution in [1.82, 2.24) is 0 Å². The van der Waals surface area contributed by atoms with Gasteiger partial charge in [0.15, 0.2) is 6.30 Å². The standard InChI is InChI=1S/C7H8FN2P/c8-6-3-5(1-2-9)4-7(11)10-6/h4,6H,1,3,11H2. The molecular weight excluding hydrogens is 162 g/mol.